The van der Waals surface area contributed by atoms with Gasteiger partial charge in [0, 0.05) is 30.8 Å². The number of rotatable bonds is 4. The van der Waals surface area contributed by atoms with Crippen molar-refractivity contribution in [2.75, 3.05) is 18.4 Å². The number of anilines is 1. The smallest absolute Gasteiger partial charge is 0.263 e. The first kappa shape index (κ1) is 18.3. The second-order valence-electron chi connectivity index (χ2n) is 7.26. The van der Waals surface area contributed by atoms with Gasteiger partial charge >= 0.3 is 0 Å². The fourth-order valence-corrected chi connectivity index (χ4v) is 3.68. The van der Waals surface area contributed by atoms with Gasteiger partial charge in [-0.1, -0.05) is 0 Å². The summed E-state index contributed by atoms with van der Waals surface area (Å²) >= 11 is 0. The molecular formula is C21H23N5O2. The van der Waals surface area contributed by atoms with Crippen LogP contribution in [0.15, 0.2) is 47.7 Å². The van der Waals surface area contributed by atoms with E-state index in [4.69, 9.17) is 0 Å². The third-order valence-electron chi connectivity index (χ3n) is 5.18. The molecule has 1 fully saturated rings. The molecule has 2 aromatic heterocycles. The Bertz CT molecular complexity index is 1070. The average Bonchev–Trinajstić information content (AvgIpc) is 2.71. The normalized spacial score (nSPS) is 16.8. The van der Waals surface area contributed by atoms with E-state index in [0.29, 0.717) is 29.2 Å². The zero-order valence-electron chi connectivity index (χ0n) is 15.8. The Morgan fingerprint density at radius 1 is 1.25 bits per heavy atom. The van der Waals surface area contributed by atoms with Crippen LogP contribution in [-0.4, -0.2) is 33.5 Å². The van der Waals surface area contributed by atoms with Crippen LogP contribution in [0.4, 0.5) is 5.69 Å². The molecule has 144 valence electrons. The van der Waals surface area contributed by atoms with Gasteiger partial charge in [-0.25, -0.2) is 0 Å². The van der Waals surface area contributed by atoms with Crippen LogP contribution < -0.4 is 16.2 Å². The molecule has 0 saturated carbocycles. The maximum atomic E-state index is 13.0. The maximum absolute atomic E-state index is 13.0. The Labute approximate surface area is 162 Å². The Morgan fingerprint density at radius 3 is 2.86 bits per heavy atom. The number of aromatic nitrogens is 3. The Hall–Kier alpha value is -3.06. The summed E-state index contributed by atoms with van der Waals surface area (Å²) in [6.45, 7) is 4.34. The lowest BCUT2D eigenvalue weighted by Crippen LogP contribution is -2.36. The minimum atomic E-state index is -0.401. The molecule has 3 aromatic rings. The van der Waals surface area contributed by atoms with Crippen molar-refractivity contribution in [2.24, 2.45) is 5.92 Å². The second kappa shape index (κ2) is 7.90. The van der Waals surface area contributed by atoms with Crippen LogP contribution in [0, 0.1) is 12.8 Å². The van der Waals surface area contributed by atoms with E-state index in [-0.39, 0.29) is 11.1 Å². The lowest BCUT2D eigenvalue weighted by atomic mass is 9.99. The summed E-state index contributed by atoms with van der Waals surface area (Å²) in [5.41, 5.74) is 2.63. The highest BCUT2D eigenvalue weighted by Gasteiger charge is 2.19. The quantitative estimate of drug-likeness (QED) is 0.729. The van der Waals surface area contributed by atoms with E-state index in [1.807, 2.05) is 6.07 Å². The van der Waals surface area contributed by atoms with Crippen molar-refractivity contribution in [3.05, 3.63) is 64.3 Å². The highest BCUT2D eigenvalue weighted by atomic mass is 16.2. The number of hydrogen-bond donors (Lipinski definition) is 2. The van der Waals surface area contributed by atoms with Crippen molar-refractivity contribution in [3.63, 3.8) is 0 Å². The Kier molecular flexibility index (Phi) is 5.16. The standard InChI is InChI=1S/C21H23N5O2/c1-14-6-10-26(13-15-3-2-7-22-12-15)21(28)19(14)20(27)25-16-4-5-17-18(11-16)24-9-8-23-17/h4-6,8-11,15,22H,2-3,7,12-13H2,1H3,(H,25,27). The van der Waals surface area contributed by atoms with Crippen LogP contribution >= 0.6 is 0 Å². The van der Waals surface area contributed by atoms with Crippen molar-refractivity contribution in [1.82, 2.24) is 19.9 Å². The zero-order chi connectivity index (χ0) is 19.5. The summed E-state index contributed by atoms with van der Waals surface area (Å²) in [6, 6.07) is 7.15. The molecule has 0 radical (unpaired) electrons. The molecule has 0 spiro atoms. The maximum Gasteiger partial charge on any atom is 0.263 e. The predicted molar refractivity (Wildman–Crippen MR) is 109 cm³/mol. The number of piperidine rings is 1. The van der Waals surface area contributed by atoms with Crippen LogP contribution in [0.2, 0.25) is 0 Å². The van der Waals surface area contributed by atoms with E-state index >= 15 is 0 Å². The van der Waals surface area contributed by atoms with Gasteiger partial charge in [0.25, 0.3) is 11.5 Å². The van der Waals surface area contributed by atoms with Crippen molar-refractivity contribution in [2.45, 2.75) is 26.3 Å². The number of aryl methyl sites for hydroxylation is 1. The van der Waals surface area contributed by atoms with Gasteiger partial charge in [0.05, 0.1) is 11.0 Å². The minimum Gasteiger partial charge on any atom is -0.322 e. The molecule has 1 aromatic carbocycles. The fourth-order valence-electron chi connectivity index (χ4n) is 3.68. The third-order valence-corrected chi connectivity index (χ3v) is 5.18. The van der Waals surface area contributed by atoms with Crippen molar-refractivity contribution < 1.29 is 4.79 Å². The van der Waals surface area contributed by atoms with Crippen molar-refractivity contribution in [3.8, 4) is 0 Å². The van der Waals surface area contributed by atoms with E-state index in [1.54, 1.807) is 48.3 Å². The number of amides is 1. The van der Waals surface area contributed by atoms with Crippen LogP contribution in [0.3, 0.4) is 0 Å². The highest BCUT2D eigenvalue weighted by molar-refractivity contribution is 6.05. The van der Waals surface area contributed by atoms with Crippen LogP contribution in [0.5, 0.6) is 0 Å². The topological polar surface area (TPSA) is 88.9 Å². The molecule has 3 heterocycles. The van der Waals surface area contributed by atoms with Crippen molar-refractivity contribution in [1.29, 1.82) is 0 Å². The lowest BCUT2D eigenvalue weighted by Gasteiger charge is -2.23. The first-order valence-corrected chi connectivity index (χ1v) is 9.55. The monoisotopic (exact) mass is 377 g/mol. The number of benzene rings is 1. The van der Waals surface area contributed by atoms with Gasteiger partial charge in [-0.3, -0.25) is 19.6 Å². The molecule has 7 heteroatoms. The number of fused-ring (bicyclic) bond motifs is 1. The molecule has 1 amide bonds. The molecule has 28 heavy (non-hydrogen) atoms. The molecule has 7 nitrogen and oxygen atoms in total. The largest absolute Gasteiger partial charge is 0.322 e. The molecule has 1 aliphatic heterocycles. The third kappa shape index (κ3) is 3.80. The average molecular weight is 377 g/mol. The molecule has 2 N–H and O–H groups in total. The summed E-state index contributed by atoms with van der Waals surface area (Å²) in [5, 5.41) is 6.20. The summed E-state index contributed by atoms with van der Waals surface area (Å²) in [7, 11) is 0. The molecule has 4 rings (SSSR count). The SMILES string of the molecule is Cc1ccn(CC2CCCNC2)c(=O)c1C(=O)Nc1ccc2nccnc2c1. The molecule has 0 bridgehead atoms. The van der Waals surface area contributed by atoms with Gasteiger partial charge in [-0.2, -0.15) is 0 Å². The van der Waals surface area contributed by atoms with Gasteiger partial charge in [0.15, 0.2) is 0 Å². The number of carbonyl (C=O) groups excluding carboxylic acids is 1. The van der Waals surface area contributed by atoms with E-state index in [0.717, 1.165) is 31.4 Å². The predicted octanol–water partition coefficient (Wildman–Crippen LogP) is 2.35. The van der Waals surface area contributed by atoms with E-state index < -0.39 is 5.91 Å². The van der Waals surface area contributed by atoms with E-state index in [9.17, 15) is 9.59 Å². The molecule has 1 atom stereocenters. The molecular weight excluding hydrogens is 354 g/mol. The van der Waals surface area contributed by atoms with Crippen LogP contribution in [0.1, 0.15) is 28.8 Å². The van der Waals surface area contributed by atoms with Gasteiger partial charge in [0.2, 0.25) is 0 Å². The minimum absolute atomic E-state index is 0.186. The number of nitrogens with zero attached hydrogens (tertiary/aromatic N) is 3. The van der Waals surface area contributed by atoms with Crippen LogP contribution in [-0.2, 0) is 6.54 Å². The molecule has 0 aliphatic carbocycles. The Morgan fingerprint density at radius 2 is 2.07 bits per heavy atom. The molecule has 1 unspecified atom stereocenters. The zero-order valence-corrected chi connectivity index (χ0v) is 15.8. The van der Waals surface area contributed by atoms with Crippen molar-refractivity contribution >= 4 is 22.6 Å². The van der Waals surface area contributed by atoms with Gasteiger partial charge in [-0.05, 0) is 68.6 Å². The van der Waals surface area contributed by atoms with Gasteiger partial charge in [-0.15, -0.1) is 0 Å². The molecule has 1 aliphatic rings. The first-order valence-electron chi connectivity index (χ1n) is 9.55. The second-order valence-corrected chi connectivity index (χ2v) is 7.26. The summed E-state index contributed by atoms with van der Waals surface area (Å²) in [6.07, 6.45) is 7.22. The summed E-state index contributed by atoms with van der Waals surface area (Å²) in [4.78, 5) is 34.3. The number of hydrogen-bond acceptors (Lipinski definition) is 5. The highest BCUT2D eigenvalue weighted by Crippen LogP contribution is 2.17. The number of nitrogens with one attached hydrogen (secondary N) is 2. The first-order chi connectivity index (χ1) is 13.6. The van der Waals surface area contributed by atoms with E-state index in [1.165, 1.54) is 0 Å². The number of pyridine rings is 1. The summed E-state index contributed by atoms with van der Waals surface area (Å²) < 4.78 is 1.66. The molecule has 1 saturated heterocycles. The Balaban J connectivity index is 1.58. The van der Waals surface area contributed by atoms with Gasteiger partial charge in [0.1, 0.15) is 5.56 Å². The number of carbonyl (C=O) groups is 1. The van der Waals surface area contributed by atoms with Crippen LogP contribution in [0.25, 0.3) is 11.0 Å². The lowest BCUT2D eigenvalue weighted by molar-refractivity contribution is 0.102. The van der Waals surface area contributed by atoms with E-state index in [2.05, 4.69) is 20.6 Å². The van der Waals surface area contributed by atoms with Gasteiger partial charge < -0.3 is 15.2 Å². The summed E-state index contributed by atoms with van der Waals surface area (Å²) in [5.74, 6) is 0.00555. The fraction of sp³-hybridized carbons (Fsp3) is 0.333.